The molecule has 2 aromatic rings. The van der Waals surface area contributed by atoms with E-state index in [2.05, 4.69) is 4.99 Å². The topological polar surface area (TPSA) is 46.5 Å². The summed E-state index contributed by atoms with van der Waals surface area (Å²) in [7, 11) is 0. The number of hydrogen-bond donors (Lipinski definition) is 0. The first kappa shape index (κ1) is 14.4. The Labute approximate surface area is 129 Å². The molecular weight excluding hydrogens is 274 g/mol. The quantitative estimate of drug-likeness (QED) is 0.639. The molecule has 0 atom stereocenters. The van der Waals surface area contributed by atoms with Crippen molar-refractivity contribution in [2.75, 3.05) is 0 Å². The number of aliphatic imine (C=N–C) groups is 1. The van der Waals surface area contributed by atoms with Gasteiger partial charge < -0.3 is 0 Å². The van der Waals surface area contributed by atoms with E-state index in [1.54, 1.807) is 0 Å². The summed E-state index contributed by atoms with van der Waals surface area (Å²) in [5, 5.41) is 0. The lowest BCUT2D eigenvalue weighted by molar-refractivity contribution is -0.133. The van der Waals surface area contributed by atoms with Crippen molar-refractivity contribution in [3.63, 3.8) is 0 Å². The summed E-state index contributed by atoms with van der Waals surface area (Å²) in [4.78, 5) is 28.9. The second-order valence-corrected chi connectivity index (χ2v) is 5.54. The van der Waals surface area contributed by atoms with Crippen molar-refractivity contribution in [1.82, 2.24) is 0 Å². The zero-order valence-corrected chi connectivity index (χ0v) is 12.2. The molecular formula is C19H17NO2. The molecule has 0 amide bonds. The van der Waals surface area contributed by atoms with Crippen molar-refractivity contribution in [3.8, 4) is 0 Å². The minimum absolute atomic E-state index is 0.00238. The summed E-state index contributed by atoms with van der Waals surface area (Å²) >= 11 is 0. The van der Waals surface area contributed by atoms with Gasteiger partial charge in [-0.1, -0.05) is 48.5 Å². The van der Waals surface area contributed by atoms with Crippen LogP contribution in [-0.2, 0) is 9.59 Å². The summed E-state index contributed by atoms with van der Waals surface area (Å²) in [6.07, 6.45) is 2.31. The molecule has 22 heavy (non-hydrogen) atoms. The van der Waals surface area contributed by atoms with Gasteiger partial charge in [0.2, 0.25) is 0 Å². The van der Waals surface area contributed by atoms with Crippen molar-refractivity contribution in [2.45, 2.75) is 18.8 Å². The van der Waals surface area contributed by atoms with Gasteiger partial charge in [-0.25, -0.2) is 0 Å². The predicted octanol–water partition coefficient (Wildman–Crippen LogP) is 3.72. The Morgan fingerprint density at radius 1 is 0.818 bits per heavy atom. The Kier molecular flexibility index (Phi) is 4.24. The number of rotatable bonds is 3. The van der Waals surface area contributed by atoms with Crippen molar-refractivity contribution in [1.29, 1.82) is 0 Å². The Hall–Kier alpha value is -2.55. The molecule has 0 aromatic heterocycles. The summed E-state index contributed by atoms with van der Waals surface area (Å²) < 4.78 is 0. The normalized spacial score (nSPS) is 22.2. The Morgan fingerprint density at radius 2 is 1.36 bits per heavy atom. The Morgan fingerprint density at radius 3 is 1.95 bits per heavy atom. The van der Waals surface area contributed by atoms with Gasteiger partial charge >= 0.3 is 0 Å². The van der Waals surface area contributed by atoms with Gasteiger partial charge in [0, 0.05) is 19.1 Å². The first-order valence-corrected chi connectivity index (χ1v) is 7.43. The third-order valence-corrected chi connectivity index (χ3v) is 3.99. The van der Waals surface area contributed by atoms with Crippen LogP contribution >= 0.6 is 0 Å². The lowest BCUT2D eigenvalue weighted by atomic mass is 9.77. The molecule has 0 saturated heterocycles. The zero-order valence-electron chi connectivity index (χ0n) is 12.2. The molecule has 1 aliphatic rings. The molecule has 110 valence electrons. The molecule has 3 nitrogen and oxygen atoms in total. The van der Waals surface area contributed by atoms with Crippen LogP contribution in [0.4, 0.5) is 5.69 Å². The average molecular weight is 291 g/mol. The molecule has 0 heterocycles. The van der Waals surface area contributed by atoms with Crippen LogP contribution in [0.25, 0.3) is 0 Å². The van der Waals surface area contributed by atoms with Gasteiger partial charge in [0.15, 0.2) is 0 Å². The van der Waals surface area contributed by atoms with Gasteiger partial charge in [-0.3, -0.25) is 14.6 Å². The molecule has 1 saturated carbocycles. The number of nitrogens with zero attached hydrogens (tertiary/aromatic N) is 1. The van der Waals surface area contributed by atoms with Crippen LogP contribution in [0.1, 0.15) is 24.3 Å². The minimum atomic E-state index is -0.694. The van der Waals surface area contributed by atoms with E-state index in [4.69, 9.17) is 0 Å². The fourth-order valence-electron chi connectivity index (χ4n) is 2.79. The maximum atomic E-state index is 12.3. The van der Waals surface area contributed by atoms with Gasteiger partial charge in [-0.05, 0) is 23.6 Å². The first-order chi connectivity index (χ1) is 10.7. The van der Waals surface area contributed by atoms with E-state index in [-0.39, 0.29) is 17.5 Å². The highest BCUT2D eigenvalue weighted by atomic mass is 16.2. The summed E-state index contributed by atoms with van der Waals surface area (Å²) in [5.41, 5.74) is 1.82. The summed E-state index contributed by atoms with van der Waals surface area (Å²) in [5.74, 6) is -0.766. The monoisotopic (exact) mass is 291 g/mol. The zero-order chi connectivity index (χ0) is 15.4. The second kappa shape index (κ2) is 6.48. The maximum Gasteiger partial charge on any atom is 0.149 e. The Balaban J connectivity index is 1.73. The number of carbonyl (C=O) groups excluding carboxylic acids is 2. The third kappa shape index (κ3) is 3.19. The van der Waals surface area contributed by atoms with Crippen molar-refractivity contribution >= 4 is 23.5 Å². The lowest BCUT2D eigenvalue weighted by Gasteiger charge is -2.24. The van der Waals surface area contributed by atoms with Crippen LogP contribution in [0, 0.1) is 5.92 Å². The van der Waals surface area contributed by atoms with E-state index in [0.29, 0.717) is 12.8 Å². The maximum absolute atomic E-state index is 12.3. The highest BCUT2D eigenvalue weighted by molar-refractivity contribution is 6.16. The van der Waals surface area contributed by atoms with Crippen LogP contribution in [-0.4, -0.2) is 17.8 Å². The summed E-state index contributed by atoms with van der Waals surface area (Å²) in [6, 6.07) is 19.1. The lowest BCUT2D eigenvalue weighted by Crippen LogP contribution is -2.33. The van der Waals surface area contributed by atoms with Gasteiger partial charge in [-0.15, -0.1) is 0 Å². The van der Waals surface area contributed by atoms with Crippen molar-refractivity contribution < 1.29 is 9.59 Å². The summed E-state index contributed by atoms with van der Waals surface area (Å²) in [6.45, 7) is 0. The molecule has 3 heteroatoms. The van der Waals surface area contributed by atoms with Crippen LogP contribution < -0.4 is 0 Å². The van der Waals surface area contributed by atoms with Gasteiger partial charge in [-0.2, -0.15) is 0 Å². The molecule has 0 bridgehead atoms. The fourth-order valence-corrected chi connectivity index (χ4v) is 2.79. The highest BCUT2D eigenvalue weighted by Gasteiger charge is 2.34. The molecule has 0 unspecified atom stereocenters. The first-order valence-electron chi connectivity index (χ1n) is 7.43. The number of ketones is 2. The van der Waals surface area contributed by atoms with E-state index < -0.39 is 5.92 Å². The van der Waals surface area contributed by atoms with Crippen LogP contribution in [0.15, 0.2) is 65.7 Å². The molecule has 0 aliphatic heterocycles. The van der Waals surface area contributed by atoms with Gasteiger partial charge in [0.25, 0.3) is 0 Å². The Bertz CT molecular complexity index is 674. The molecule has 3 rings (SSSR count). The predicted molar refractivity (Wildman–Crippen MR) is 86.5 cm³/mol. The number of Topliss-reactive ketones (excluding diaryl/α,β-unsaturated/α-hetero) is 2. The minimum Gasteiger partial charge on any atom is -0.298 e. The molecule has 1 fully saturated rings. The van der Waals surface area contributed by atoms with Crippen molar-refractivity contribution in [3.05, 3.63) is 66.2 Å². The van der Waals surface area contributed by atoms with Crippen molar-refractivity contribution in [2.24, 2.45) is 10.9 Å². The van der Waals surface area contributed by atoms with E-state index in [1.807, 2.05) is 60.7 Å². The molecule has 0 spiro atoms. The number of para-hydroxylation sites is 1. The largest absolute Gasteiger partial charge is 0.298 e. The number of hydrogen-bond acceptors (Lipinski definition) is 3. The molecule has 0 N–H and O–H groups in total. The van der Waals surface area contributed by atoms with Crippen LogP contribution in [0.2, 0.25) is 0 Å². The van der Waals surface area contributed by atoms with E-state index in [1.165, 1.54) is 6.21 Å². The molecule has 2 aromatic carbocycles. The SMILES string of the molecule is O=C1CC(c2ccccc2)CC(=O)C1C=Nc1ccccc1. The molecule has 1 aliphatic carbocycles. The van der Waals surface area contributed by atoms with Gasteiger partial charge in [0.05, 0.1) is 5.69 Å². The third-order valence-electron chi connectivity index (χ3n) is 3.99. The fraction of sp³-hybridized carbons (Fsp3) is 0.211. The average Bonchev–Trinajstić information content (AvgIpc) is 2.56. The molecule has 0 radical (unpaired) electrons. The standard InChI is InChI=1S/C19H17NO2/c21-18-11-15(14-7-3-1-4-8-14)12-19(22)17(18)13-20-16-9-5-2-6-10-16/h1-10,13,15,17H,11-12H2. The number of carbonyl (C=O) groups is 2. The van der Waals surface area contributed by atoms with E-state index in [0.717, 1.165) is 11.3 Å². The number of benzene rings is 2. The van der Waals surface area contributed by atoms with Crippen LogP contribution in [0.3, 0.4) is 0 Å². The highest BCUT2D eigenvalue weighted by Crippen LogP contribution is 2.31. The van der Waals surface area contributed by atoms with E-state index in [9.17, 15) is 9.59 Å². The van der Waals surface area contributed by atoms with Gasteiger partial charge in [0.1, 0.15) is 17.5 Å². The second-order valence-electron chi connectivity index (χ2n) is 5.54. The smallest absolute Gasteiger partial charge is 0.149 e. The van der Waals surface area contributed by atoms with E-state index >= 15 is 0 Å². The van der Waals surface area contributed by atoms with Crippen LogP contribution in [0.5, 0.6) is 0 Å².